The van der Waals surface area contributed by atoms with Crippen molar-refractivity contribution in [3.63, 3.8) is 0 Å². The van der Waals surface area contributed by atoms with E-state index in [9.17, 15) is 18.8 Å². The fraction of sp³-hybridized carbons (Fsp3) is 0.250. The van der Waals surface area contributed by atoms with Crippen molar-refractivity contribution in [1.29, 1.82) is 0 Å². The second-order valence-corrected chi connectivity index (χ2v) is 3.92. The minimum atomic E-state index is -1.38. The lowest BCUT2D eigenvalue weighted by Crippen LogP contribution is -2.41. The highest BCUT2D eigenvalue weighted by molar-refractivity contribution is 6.18. The van der Waals surface area contributed by atoms with E-state index in [0.717, 1.165) is 12.1 Å². The molecule has 1 heterocycles. The van der Waals surface area contributed by atoms with Crippen LogP contribution in [0.2, 0.25) is 0 Å². The van der Waals surface area contributed by atoms with Crippen LogP contribution in [-0.4, -0.2) is 22.9 Å². The second-order valence-electron chi connectivity index (χ2n) is 3.92. The van der Waals surface area contributed by atoms with Gasteiger partial charge in [-0.1, -0.05) is 6.07 Å². The molecule has 6 heteroatoms. The van der Waals surface area contributed by atoms with Gasteiger partial charge in [-0.2, -0.15) is 0 Å². The highest BCUT2D eigenvalue weighted by Gasteiger charge is 2.32. The average Bonchev–Trinajstić information content (AvgIpc) is 2.30. The molecule has 0 saturated carbocycles. The van der Waals surface area contributed by atoms with Crippen LogP contribution in [0.5, 0.6) is 0 Å². The Hall–Kier alpha value is -2.24. The van der Waals surface area contributed by atoms with Gasteiger partial charge < -0.3 is 5.11 Å². The normalized spacial score (nSPS) is 15.9. The monoisotopic (exact) mass is 251 g/mol. The molecule has 0 bridgehead atoms. The summed E-state index contributed by atoms with van der Waals surface area (Å²) in [4.78, 5) is 35.0. The van der Waals surface area contributed by atoms with Crippen molar-refractivity contribution in [2.45, 2.75) is 19.3 Å². The minimum absolute atomic E-state index is 0.110. The van der Waals surface area contributed by atoms with Crippen molar-refractivity contribution in [2.24, 2.45) is 0 Å². The van der Waals surface area contributed by atoms with Gasteiger partial charge in [-0.25, -0.2) is 14.1 Å². The van der Waals surface area contributed by atoms with E-state index in [0.29, 0.717) is 11.3 Å². The summed E-state index contributed by atoms with van der Waals surface area (Å²) in [5, 5.41) is 8.98. The van der Waals surface area contributed by atoms with Crippen LogP contribution >= 0.6 is 0 Å². The van der Waals surface area contributed by atoms with Gasteiger partial charge in [0, 0.05) is 12.8 Å². The van der Waals surface area contributed by atoms with E-state index < -0.39 is 34.9 Å². The van der Waals surface area contributed by atoms with Crippen LogP contribution in [0.15, 0.2) is 18.2 Å². The van der Waals surface area contributed by atoms with E-state index in [4.69, 9.17) is 5.11 Å². The van der Waals surface area contributed by atoms with Gasteiger partial charge in [0.25, 0.3) is 0 Å². The fourth-order valence-corrected chi connectivity index (χ4v) is 1.92. The summed E-state index contributed by atoms with van der Waals surface area (Å²) in [6, 6.07) is 3.41. The number of carbonyl (C=O) groups is 3. The van der Waals surface area contributed by atoms with Crippen LogP contribution in [-0.2, 0) is 9.59 Å². The number of carbonyl (C=O) groups excluding carboxylic acids is 2. The van der Waals surface area contributed by atoms with Gasteiger partial charge >= 0.3 is 5.97 Å². The number of halogens is 1. The number of aromatic carboxylic acids is 1. The Morgan fingerprint density at radius 2 is 1.83 bits per heavy atom. The highest BCUT2D eigenvalue weighted by atomic mass is 19.1. The lowest BCUT2D eigenvalue weighted by atomic mass is 10.1. The standard InChI is InChI=1S/C12H10FNO4/c13-8-4-1-3-7(12(17)18)11(8)14-9(15)5-2-6-10(14)16/h1,3-4H,2,5-6H2,(H,17,18). The van der Waals surface area contributed by atoms with E-state index in [1.165, 1.54) is 6.07 Å². The van der Waals surface area contributed by atoms with Crippen LogP contribution in [0.1, 0.15) is 29.6 Å². The molecule has 0 aliphatic carbocycles. The summed E-state index contributed by atoms with van der Waals surface area (Å²) < 4.78 is 13.7. The number of carboxylic acid groups (broad SMARTS) is 1. The molecular formula is C12H10FNO4. The molecule has 0 aromatic heterocycles. The Bertz CT molecular complexity index is 525. The molecule has 1 aliphatic heterocycles. The first kappa shape index (κ1) is 12.2. The molecule has 1 fully saturated rings. The van der Waals surface area contributed by atoms with Gasteiger partial charge in [0.15, 0.2) is 0 Å². The van der Waals surface area contributed by atoms with Crippen LogP contribution in [0.4, 0.5) is 10.1 Å². The van der Waals surface area contributed by atoms with Gasteiger partial charge in [-0.15, -0.1) is 0 Å². The molecule has 1 aromatic carbocycles. The van der Waals surface area contributed by atoms with E-state index >= 15 is 0 Å². The molecule has 1 aromatic rings. The largest absolute Gasteiger partial charge is 0.478 e. The number of amides is 2. The van der Waals surface area contributed by atoms with Crippen LogP contribution < -0.4 is 4.90 Å². The van der Waals surface area contributed by atoms with Crippen molar-refractivity contribution in [3.8, 4) is 0 Å². The predicted molar refractivity (Wildman–Crippen MR) is 59.7 cm³/mol. The van der Waals surface area contributed by atoms with Crippen LogP contribution in [0, 0.1) is 5.82 Å². The number of imide groups is 1. The third-order valence-corrected chi connectivity index (χ3v) is 2.72. The number of carboxylic acids is 1. The van der Waals surface area contributed by atoms with Crippen molar-refractivity contribution >= 4 is 23.5 Å². The lowest BCUT2D eigenvalue weighted by molar-refractivity contribution is -0.129. The maximum atomic E-state index is 13.7. The third kappa shape index (κ3) is 1.97. The number of para-hydroxylation sites is 1. The molecule has 2 amide bonds. The maximum absolute atomic E-state index is 13.7. The lowest BCUT2D eigenvalue weighted by Gasteiger charge is -2.26. The summed E-state index contributed by atoms with van der Waals surface area (Å²) in [6.07, 6.45) is 0.628. The Morgan fingerprint density at radius 1 is 1.22 bits per heavy atom. The fourth-order valence-electron chi connectivity index (χ4n) is 1.92. The topological polar surface area (TPSA) is 74.7 Å². The van der Waals surface area contributed by atoms with Gasteiger partial charge in [-0.3, -0.25) is 9.59 Å². The summed E-state index contributed by atoms with van der Waals surface area (Å²) in [5.74, 6) is -3.41. The summed E-state index contributed by atoms with van der Waals surface area (Å²) in [6.45, 7) is 0. The molecule has 2 rings (SSSR count). The Kier molecular flexibility index (Phi) is 3.10. The maximum Gasteiger partial charge on any atom is 0.337 e. The summed E-state index contributed by atoms with van der Waals surface area (Å²) in [7, 11) is 0. The number of rotatable bonds is 2. The predicted octanol–water partition coefficient (Wildman–Crippen LogP) is 1.57. The van der Waals surface area contributed by atoms with Gasteiger partial charge in [0.2, 0.25) is 11.8 Å². The molecule has 0 unspecified atom stereocenters. The van der Waals surface area contributed by atoms with Gasteiger partial charge in [-0.05, 0) is 18.6 Å². The first-order valence-corrected chi connectivity index (χ1v) is 5.40. The molecule has 1 saturated heterocycles. The van der Waals surface area contributed by atoms with Gasteiger partial charge in [0.1, 0.15) is 11.5 Å². The van der Waals surface area contributed by atoms with E-state index in [2.05, 4.69) is 0 Å². The quantitative estimate of drug-likeness (QED) is 0.809. The molecule has 5 nitrogen and oxygen atoms in total. The number of benzene rings is 1. The average molecular weight is 251 g/mol. The minimum Gasteiger partial charge on any atom is -0.478 e. The molecule has 0 atom stereocenters. The molecule has 0 spiro atoms. The third-order valence-electron chi connectivity index (χ3n) is 2.72. The Morgan fingerprint density at radius 3 is 2.39 bits per heavy atom. The van der Waals surface area contributed by atoms with Crippen molar-refractivity contribution in [1.82, 2.24) is 0 Å². The second kappa shape index (κ2) is 4.56. The smallest absolute Gasteiger partial charge is 0.337 e. The highest BCUT2D eigenvalue weighted by Crippen LogP contribution is 2.28. The molecule has 1 aliphatic rings. The summed E-state index contributed by atoms with van der Waals surface area (Å²) >= 11 is 0. The Labute approximate surface area is 102 Å². The first-order valence-electron chi connectivity index (χ1n) is 5.40. The van der Waals surface area contributed by atoms with Crippen LogP contribution in [0.3, 0.4) is 0 Å². The molecule has 18 heavy (non-hydrogen) atoms. The summed E-state index contributed by atoms with van der Waals surface area (Å²) in [5.41, 5.74) is -0.849. The number of anilines is 1. The van der Waals surface area contributed by atoms with Crippen molar-refractivity contribution in [3.05, 3.63) is 29.6 Å². The number of piperidine rings is 1. The zero-order valence-electron chi connectivity index (χ0n) is 9.35. The van der Waals surface area contributed by atoms with Crippen LogP contribution in [0.25, 0.3) is 0 Å². The number of nitrogens with zero attached hydrogens (tertiary/aromatic N) is 1. The molecule has 1 N–H and O–H groups in total. The molecular weight excluding hydrogens is 241 g/mol. The number of hydrogen-bond donors (Lipinski definition) is 1. The molecule has 0 radical (unpaired) electrons. The van der Waals surface area contributed by atoms with Crippen molar-refractivity contribution in [2.75, 3.05) is 4.90 Å². The van der Waals surface area contributed by atoms with Crippen molar-refractivity contribution < 1.29 is 23.9 Å². The van der Waals surface area contributed by atoms with Gasteiger partial charge in [0.05, 0.1) is 5.56 Å². The Balaban J connectivity index is 2.58. The van der Waals surface area contributed by atoms with E-state index in [-0.39, 0.29) is 12.8 Å². The van der Waals surface area contributed by atoms with E-state index in [1.807, 2.05) is 0 Å². The van der Waals surface area contributed by atoms with E-state index in [1.54, 1.807) is 0 Å². The SMILES string of the molecule is O=C(O)c1cccc(F)c1N1C(=O)CCCC1=O. The first-order chi connectivity index (χ1) is 8.52. The molecule has 94 valence electrons. The number of hydrogen-bond acceptors (Lipinski definition) is 3. The zero-order valence-corrected chi connectivity index (χ0v) is 9.35. The zero-order chi connectivity index (χ0) is 13.3.